The molecule has 0 radical (unpaired) electrons. The highest BCUT2D eigenvalue weighted by Crippen LogP contribution is 2.47. The van der Waals surface area contributed by atoms with E-state index >= 15 is 0 Å². The number of hydrogen-bond donors (Lipinski definition) is 0. The van der Waals surface area contributed by atoms with Crippen LogP contribution in [0.5, 0.6) is 0 Å². The molecular weight excluding hydrogens is 432 g/mol. The molecule has 36 heavy (non-hydrogen) atoms. The second-order valence-corrected chi connectivity index (χ2v) is 12.3. The van der Waals surface area contributed by atoms with E-state index in [0.29, 0.717) is 0 Å². The Labute approximate surface area is 214 Å². The molecule has 0 aromatic heterocycles. The van der Waals surface area contributed by atoms with Crippen LogP contribution in [0.3, 0.4) is 0 Å². The Balaban J connectivity index is 1.88. The third kappa shape index (κ3) is 3.68. The molecule has 0 saturated carbocycles. The van der Waals surface area contributed by atoms with E-state index in [2.05, 4.69) is 139 Å². The van der Waals surface area contributed by atoms with E-state index < -0.39 is 0 Å². The van der Waals surface area contributed by atoms with Crippen molar-refractivity contribution in [1.82, 2.24) is 0 Å². The van der Waals surface area contributed by atoms with Crippen LogP contribution in [0.1, 0.15) is 52.7 Å². The molecule has 0 spiro atoms. The molecule has 6 aromatic carbocycles. The van der Waals surface area contributed by atoms with Crippen LogP contribution in [0.15, 0.2) is 97.1 Å². The summed E-state index contributed by atoms with van der Waals surface area (Å²) in [5, 5.41) is 8.13. The van der Waals surface area contributed by atoms with Crippen molar-refractivity contribution in [1.29, 1.82) is 0 Å². The van der Waals surface area contributed by atoms with Gasteiger partial charge in [0, 0.05) is 0 Å². The summed E-state index contributed by atoms with van der Waals surface area (Å²) in [6, 6.07) is 36.4. The highest BCUT2D eigenvalue weighted by Gasteiger charge is 2.23. The maximum atomic E-state index is 2.45. The van der Waals surface area contributed by atoms with Gasteiger partial charge in [0.05, 0.1) is 0 Å². The highest BCUT2D eigenvalue weighted by atomic mass is 14.3. The molecule has 6 rings (SSSR count). The summed E-state index contributed by atoms with van der Waals surface area (Å²) < 4.78 is 0. The van der Waals surface area contributed by atoms with E-state index in [1.165, 1.54) is 65.7 Å². The maximum Gasteiger partial charge on any atom is -0.00141 e. The molecule has 0 bridgehead atoms. The fourth-order valence-electron chi connectivity index (χ4n) is 5.59. The van der Waals surface area contributed by atoms with Gasteiger partial charge in [0.1, 0.15) is 0 Å². The van der Waals surface area contributed by atoms with Gasteiger partial charge in [0.2, 0.25) is 0 Å². The molecule has 0 aliphatic heterocycles. The molecular formula is C36H34. The molecule has 0 atom stereocenters. The van der Waals surface area contributed by atoms with Crippen molar-refractivity contribution < 1.29 is 0 Å². The lowest BCUT2D eigenvalue weighted by Gasteiger charge is -2.26. The van der Waals surface area contributed by atoms with Gasteiger partial charge < -0.3 is 0 Å². The predicted octanol–water partition coefficient (Wildman–Crippen LogP) is 10.5. The van der Waals surface area contributed by atoms with E-state index in [-0.39, 0.29) is 10.8 Å². The van der Waals surface area contributed by atoms with E-state index in [0.717, 1.165) is 0 Å². The normalized spacial score (nSPS) is 12.7. The molecule has 0 nitrogen and oxygen atoms in total. The minimum Gasteiger partial charge on any atom is -0.0622 e. The van der Waals surface area contributed by atoms with Gasteiger partial charge in [-0.05, 0) is 101 Å². The average molecular weight is 467 g/mol. The van der Waals surface area contributed by atoms with Crippen LogP contribution in [-0.2, 0) is 10.8 Å². The summed E-state index contributed by atoms with van der Waals surface area (Å²) in [4.78, 5) is 0. The molecule has 0 N–H and O–H groups in total. The van der Waals surface area contributed by atoms with Crippen molar-refractivity contribution in [2.45, 2.75) is 52.4 Å². The summed E-state index contributed by atoms with van der Waals surface area (Å²) in [6.07, 6.45) is 0. The van der Waals surface area contributed by atoms with Crippen LogP contribution in [0.4, 0.5) is 0 Å². The van der Waals surface area contributed by atoms with Crippen LogP contribution in [-0.4, -0.2) is 0 Å². The zero-order valence-electron chi connectivity index (χ0n) is 22.2. The molecule has 6 aromatic rings. The molecule has 0 saturated heterocycles. The third-order valence-corrected chi connectivity index (χ3v) is 7.67. The smallest absolute Gasteiger partial charge is 0.00141 e. The van der Waals surface area contributed by atoms with Gasteiger partial charge in [-0.25, -0.2) is 0 Å². The van der Waals surface area contributed by atoms with Crippen molar-refractivity contribution >= 4 is 32.3 Å². The largest absolute Gasteiger partial charge is 0.0622 e. The first kappa shape index (κ1) is 22.8. The number of benzene rings is 6. The van der Waals surface area contributed by atoms with Crippen LogP contribution < -0.4 is 0 Å². The second kappa shape index (κ2) is 7.93. The first-order valence-corrected chi connectivity index (χ1v) is 13.0. The van der Waals surface area contributed by atoms with Crippen molar-refractivity contribution in [3.05, 3.63) is 108 Å². The fraction of sp³-hybridized carbons (Fsp3) is 0.222. The Kier molecular flexibility index (Phi) is 5.02. The highest BCUT2D eigenvalue weighted by molar-refractivity contribution is 6.29. The van der Waals surface area contributed by atoms with Gasteiger partial charge in [0.25, 0.3) is 0 Å². The number of hydrogen-bond acceptors (Lipinski definition) is 0. The molecule has 0 heteroatoms. The summed E-state index contributed by atoms with van der Waals surface area (Å²) in [5.74, 6) is 0. The van der Waals surface area contributed by atoms with Gasteiger partial charge >= 0.3 is 0 Å². The summed E-state index contributed by atoms with van der Waals surface area (Å²) >= 11 is 0. The van der Waals surface area contributed by atoms with Gasteiger partial charge in [-0.3, -0.25) is 0 Å². The minimum absolute atomic E-state index is 0.0474. The summed E-state index contributed by atoms with van der Waals surface area (Å²) in [6.45, 7) is 13.9. The van der Waals surface area contributed by atoms with Gasteiger partial charge in [-0.1, -0.05) is 114 Å². The van der Waals surface area contributed by atoms with Crippen molar-refractivity contribution in [3.63, 3.8) is 0 Å². The van der Waals surface area contributed by atoms with E-state index in [9.17, 15) is 0 Å². The zero-order valence-corrected chi connectivity index (χ0v) is 22.2. The van der Waals surface area contributed by atoms with Crippen molar-refractivity contribution in [3.8, 4) is 22.3 Å². The standard InChI is InChI=1S/C36H34/c1-35(2,3)27-17-25-19-29(23-13-9-7-10-14-23)31-21-28(36(4,5)6)22-32-30(24-15-11-8-12-16-24)20-26(18-27)33(25)34(31)32/h7-22H,1-6H3. The Morgan fingerprint density at radius 3 is 1.19 bits per heavy atom. The molecule has 0 heterocycles. The summed E-state index contributed by atoms with van der Waals surface area (Å²) in [7, 11) is 0. The Morgan fingerprint density at radius 1 is 0.417 bits per heavy atom. The summed E-state index contributed by atoms with van der Waals surface area (Å²) in [5.41, 5.74) is 8.05. The number of rotatable bonds is 2. The lowest BCUT2D eigenvalue weighted by atomic mass is 9.78. The monoisotopic (exact) mass is 466 g/mol. The fourth-order valence-corrected chi connectivity index (χ4v) is 5.59. The van der Waals surface area contributed by atoms with E-state index in [1.54, 1.807) is 0 Å². The minimum atomic E-state index is 0.0474. The van der Waals surface area contributed by atoms with Crippen LogP contribution in [0, 0.1) is 0 Å². The predicted molar refractivity (Wildman–Crippen MR) is 158 cm³/mol. The van der Waals surface area contributed by atoms with Crippen LogP contribution in [0.25, 0.3) is 54.6 Å². The lowest BCUT2D eigenvalue weighted by molar-refractivity contribution is 0.591. The second-order valence-electron chi connectivity index (χ2n) is 12.3. The first-order chi connectivity index (χ1) is 17.1. The van der Waals surface area contributed by atoms with E-state index in [1.807, 2.05) is 0 Å². The Hall–Kier alpha value is -3.64. The van der Waals surface area contributed by atoms with Gasteiger partial charge in [-0.2, -0.15) is 0 Å². The third-order valence-electron chi connectivity index (χ3n) is 7.67. The Bertz CT molecular complexity index is 1600. The lowest BCUT2D eigenvalue weighted by Crippen LogP contribution is -2.12. The molecule has 0 fully saturated rings. The maximum absolute atomic E-state index is 2.45. The van der Waals surface area contributed by atoms with Gasteiger partial charge in [-0.15, -0.1) is 0 Å². The van der Waals surface area contributed by atoms with Crippen molar-refractivity contribution in [2.75, 3.05) is 0 Å². The Morgan fingerprint density at radius 2 is 0.806 bits per heavy atom. The molecule has 178 valence electrons. The zero-order chi connectivity index (χ0) is 25.2. The van der Waals surface area contributed by atoms with Crippen molar-refractivity contribution in [2.24, 2.45) is 0 Å². The average Bonchev–Trinajstić information content (AvgIpc) is 2.86. The molecule has 0 unspecified atom stereocenters. The van der Waals surface area contributed by atoms with E-state index in [4.69, 9.17) is 0 Å². The van der Waals surface area contributed by atoms with Gasteiger partial charge in [0.15, 0.2) is 0 Å². The first-order valence-electron chi connectivity index (χ1n) is 13.0. The topological polar surface area (TPSA) is 0 Å². The quantitative estimate of drug-likeness (QED) is 0.223. The molecule has 0 aliphatic rings. The molecule has 0 aliphatic carbocycles. The SMILES string of the molecule is CC(C)(C)c1cc2cc(-c3ccccc3)c3cc(C(C)(C)C)cc4c(-c5ccccc5)cc(c1)c2c34. The van der Waals surface area contributed by atoms with Crippen LogP contribution >= 0.6 is 0 Å². The molecule has 0 amide bonds. The van der Waals surface area contributed by atoms with Crippen LogP contribution in [0.2, 0.25) is 0 Å².